The van der Waals surface area contributed by atoms with E-state index < -0.39 is 0 Å². The number of carbonyl (C=O) groups is 1. The average Bonchev–Trinajstić information content (AvgIpc) is 2.56. The molecule has 0 aromatic carbocycles. The van der Waals surface area contributed by atoms with E-state index in [2.05, 4.69) is 21.0 Å². The number of aromatic nitrogens is 2. The Morgan fingerprint density at radius 2 is 1.94 bits per heavy atom. The fourth-order valence-corrected chi connectivity index (χ4v) is 2.11. The molecule has 0 atom stereocenters. The van der Waals surface area contributed by atoms with E-state index in [4.69, 9.17) is 0 Å². The minimum absolute atomic E-state index is 0.193. The summed E-state index contributed by atoms with van der Waals surface area (Å²) in [5, 5.41) is 4.39. The summed E-state index contributed by atoms with van der Waals surface area (Å²) in [5.41, 5.74) is 2.05. The van der Waals surface area contributed by atoms with E-state index in [0.29, 0.717) is 13.0 Å². The Kier molecular flexibility index (Phi) is 5.18. The Balaban J connectivity index is 2.61. The van der Waals surface area contributed by atoms with E-state index in [0.717, 1.165) is 29.0 Å². The molecule has 0 unspecified atom stereocenters. The molecule has 0 bridgehead atoms. The molecule has 96 valence electrons. The fourth-order valence-electron chi connectivity index (χ4n) is 1.83. The minimum Gasteiger partial charge on any atom is -0.343 e. The summed E-state index contributed by atoms with van der Waals surface area (Å²) in [4.78, 5) is 13.7. The molecule has 1 heterocycles. The third-order valence-corrected chi connectivity index (χ3v) is 4.09. The van der Waals surface area contributed by atoms with Crippen molar-refractivity contribution in [2.45, 2.75) is 40.7 Å². The number of aryl methyl sites for hydroxylation is 2. The van der Waals surface area contributed by atoms with Crippen molar-refractivity contribution in [2.75, 3.05) is 13.1 Å². The van der Waals surface area contributed by atoms with Crippen molar-refractivity contribution in [3.63, 3.8) is 0 Å². The fraction of sp³-hybridized carbons (Fsp3) is 0.667. The maximum absolute atomic E-state index is 11.9. The summed E-state index contributed by atoms with van der Waals surface area (Å²) in [6.45, 7) is 10.2. The molecule has 0 aliphatic carbocycles. The summed E-state index contributed by atoms with van der Waals surface area (Å²) in [6.07, 6.45) is 0.510. The first-order valence-corrected chi connectivity index (χ1v) is 6.77. The van der Waals surface area contributed by atoms with Crippen LogP contribution in [0, 0.1) is 13.8 Å². The molecule has 0 saturated heterocycles. The summed E-state index contributed by atoms with van der Waals surface area (Å²) >= 11 is 3.48. The van der Waals surface area contributed by atoms with Gasteiger partial charge in [0, 0.05) is 25.2 Å². The lowest BCUT2D eigenvalue weighted by Crippen LogP contribution is -2.31. The van der Waals surface area contributed by atoms with Crippen LogP contribution in [0.2, 0.25) is 0 Å². The van der Waals surface area contributed by atoms with Gasteiger partial charge in [-0.1, -0.05) is 0 Å². The number of halogens is 1. The van der Waals surface area contributed by atoms with E-state index in [1.165, 1.54) is 0 Å². The first kappa shape index (κ1) is 14.2. The lowest BCUT2D eigenvalue weighted by atomic mass is 10.3. The number of carbonyl (C=O) groups excluding carboxylic acids is 1. The predicted molar refractivity (Wildman–Crippen MR) is 71.9 cm³/mol. The largest absolute Gasteiger partial charge is 0.343 e. The lowest BCUT2D eigenvalue weighted by Gasteiger charge is -2.18. The molecule has 5 heteroatoms. The third-order valence-electron chi connectivity index (χ3n) is 2.95. The zero-order valence-corrected chi connectivity index (χ0v) is 12.5. The van der Waals surface area contributed by atoms with Crippen molar-refractivity contribution in [3.8, 4) is 0 Å². The van der Waals surface area contributed by atoms with Crippen LogP contribution in [0.15, 0.2) is 4.47 Å². The monoisotopic (exact) mass is 301 g/mol. The van der Waals surface area contributed by atoms with Gasteiger partial charge in [-0.05, 0) is 43.6 Å². The van der Waals surface area contributed by atoms with Gasteiger partial charge in [0.05, 0.1) is 16.7 Å². The Morgan fingerprint density at radius 1 is 1.35 bits per heavy atom. The van der Waals surface area contributed by atoms with Crippen molar-refractivity contribution >= 4 is 21.8 Å². The highest BCUT2D eigenvalue weighted by molar-refractivity contribution is 9.10. The van der Waals surface area contributed by atoms with Crippen LogP contribution in [0.5, 0.6) is 0 Å². The summed E-state index contributed by atoms with van der Waals surface area (Å²) < 4.78 is 2.92. The first-order chi connectivity index (χ1) is 8.01. The maximum atomic E-state index is 11.9. The van der Waals surface area contributed by atoms with Crippen LogP contribution in [0.25, 0.3) is 0 Å². The van der Waals surface area contributed by atoms with E-state index >= 15 is 0 Å². The second-order valence-electron chi connectivity index (χ2n) is 4.02. The van der Waals surface area contributed by atoms with E-state index in [1.807, 2.05) is 37.3 Å². The van der Waals surface area contributed by atoms with E-state index in [1.54, 1.807) is 0 Å². The summed E-state index contributed by atoms with van der Waals surface area (Å²) in [6, 6.07) is 0. The van der Waals surface area contributed by atoms with Crippen LogP contribution in [-0.2, 0) is 11.3 Å². The molecule has 0 aliphatic heterocycles. The lowest BCUT2D eigenvalue weighted by molar-refractivity contribution is -0.131. The number of nitrogens with zero attached hydrogens (tertiary/aromatic N) is 3. The molecule has 1 amide bonds. The number of hydrogen-bond acceptors (Lipinski definition) is 2. The standard InChI is InChI=1S/C12H20BrN3O/c1-5-15(6-2)11(17)7-8-16-10(4)12(13)9(3)14-16/h5-8H2,1-4H3. The summed E-state index contributed by atoms with van der Waals surface area (Å²) in [7, 11) is 0. The minimum atomic E-state index is 0.193. The van der Waals surface area contributed by atoms with Gasteiger partial charge in [-0.3, -0.25) is 9.48 Å². The van der Waals surface area contributed by atoms with Gasteiger partial charge in [0.1, 0.15) is 0 Å². The third kappa shape index (κ3) is 3.31. The number of hydrogen-bond donors (Lipinski definition) is 0. The zero-order chi connectivity index (χ0) is 13.0. The highest BCUT2D eigenvalue weighted by Gasteiger charge is 2.12. The van der Waals surface area contributed by atoms with Gasteiger partial charge in [-0.25, -0.2) is 0 Å². The van der Waals surface area contributed by atoms with Gasteiger partial charge < -0.3 is 4.90 Å². The highest BCUT2D eigenvalue weighted by Crippen LogP contribution is 2.19. The molecule has 17 heavy (non-hydrogen) atoms. The van der Waals surface area contributed by atoms with Crippen molar-refractivity contribution < 1.29 is 4.79 Å². The van der Waals surface area contributed by atoms with Gasteiger partial charge in [0.2, 0.25) is 5.91 Å². The Labute approximate surface area is 111 Å². The zero-order valence-electron chi connectivity index (χ0n) is 11.0. The molecule has 0 radical (unpaired) electrons. The molecule has 1 aromatic rings. The SMILES string of the molecule is CCN(CC)C(=O)CCn1nc(C)c(Br)c1C. The van der Waals surface area contributed by atoms with Crippen LogP contribution >= 0.6 is 15.9 Å². The molecule has 0 N–H and O–H groups in total. The highest BCUT2D eigenvalue weighted by atomic mass is 79.9. The first-order valence-electron chi connectivity index (χ1n) is 5.98. The average molecular weight is 302 g/mol. The molecule has 0 saturated carbocycles. The molecular formula is C12H20BrN3O. The van der Waals surface area contributed by atoms with Crippen LogP contribution in [0.1, 0.15) is 31.7 Å². The molecule has 1 rings (SSSR count). The number of amides is 1. The van der Waals surface area contributed by atoms with Gasteiger partial charge in [-0.15, -0.1) is 0 Å². The quantitative estimate of drug-likeness (QED) is 0.838. The van der Waals surface area contributed by atoms with E-state index in [9.17, 15) is 4.79 Å². The van der Waals surface area contributed by atoms with Crippen LogP contribution < -0.4 is 0 Å². The molecule has 0 aliphatic rings. The Morgan fingerprint density at radius 3 is 2.35 bits per heavy atom. The maximum Gasteiger partial charge on any atom is 0.224 e. The molecule has 0 spiro atoms. The van der Waals surface area contributed by atoms with E-state index in [-0.39, 0.29) is 5.91 Å². The van der Waals surface area contributed by atoms with Crippen molar-refractivity contribution in [2.24, 2.45) is 0 Å². The normalized spacial score (nSPS) is 10.6. The smallest absolute Gasteiger partial charge is 0.224 e. The second-order valence-corrected chi connectivity index (χ2v) is 4.82. The predicted octanol–water partition coefficient (Wildman–Crippen LogP) is 2.52. The molecule has 1 aromatic heterocycles. The van der Waals surface area contributed by atoms with Gasteiger partial charge in [0.25, 0.3) is 0 Å². The van der Waals surface area contributed by atoms with Crippen LogP contribution in [0.3, 0.4) is 0 Å². The van der Waals surface area contributed by atoms with Gasteiger partial charge >= 0.3 is 0 Å². The Hall–Kier alpha value is -0.840. The molecule has 0 fully saturated rings. The van der Waals surface area contributed by atoms with Gasteiger partial charge in [0.15, 0.2) is 0 Å². The van der Waals surface area contributed by atoms with Crippen LogP contribution in [-0.4, -0.2) is 33.7 Å². The molecular weight excluding hydrogens is 282 g/mol. The van der Waals surface area contributed by atoms with Crippen molar-refractivity contribution in [1.29, 1.82) is 0 Å². The van der Waals surface area contributed by atoms with Crippen LogP contribution in [0.4, 0.5) is 0 Å². The number of rotatable bonds is 5. The Bertz CT molecular complexity index is 397. The second kappa shape index (κ2) is 6.19. The van der Waals surface area contributed by atoms with Crippen molar-refractivity contribution in [1.82, 2.24) is 14.7 Å². The topological polar surface area (TPSA) is 38.1 Å². The van der Waals surface area contributed by atoms with Crippen molar-refractivity contribution in [3.05, 3.63) is 15.9 Å². The van der Waals surface area contributed by atoms with Gasteiger partial charge in [-0.2, -0.15) is 5.10 Å². The summed E-state index contributed by atoms with van der Waals surface area (Å²) in [5.74, 6) is 0.193. The molecule has 4 nitrogen and oxygen atoms in total.